The lowest BCUT2D eigenvalue weighted by atomic mass is 10.0. The molecule has 0 amide bonds. The summed E-state index contributed by atoms with van der Waals surface area (Å²) in [6, 6.07) is 13.8. The first kappa shape index (κ1) is 14.9. The van der Waals surface area contributed by atoms with Crippen LogP contribution in [-0.4, -0.2) is 18.2 Å². The van der Waals surface area contributed by atoms with E-state index in [2.05, 4.69) is 0 Å². The molecule has 21 heavy (non-hydrogen) atoms. The van der Waals surface area contributed by atoms with E-state index in [0.29, 0.717) is 11.5 Å². The molecule has 5 nitrogen and oxygen atoms in total. The Balaban J connectivity index is 2.11. The van der Waals surface area contributed by atoms with Crippen LogP contribution in [0.3, 0.4) is 0 Å². The lowest BCUT2D eigenvalue weighted by Crippen LogP contribution is -2.14. The highest BCUT2D eigenvalue weighted by Gasteiger charge is 2.11. The number of ether oxygens (including phenoxy) is 2. The second-order valence-electron chi connectivity index (χ2n) is 4.55. The van der Waals surface area contributed by atoms with Crippen molar-refractivity contribution in [2.24, 2.45) is 5.73 Å². The predicted octanol–water partition coefficient (Wildman–Crippen LogP) is 2.96. The molecule has 0 aliphatic heterocycles. The van der Waals surface area contributed by atoms with E-state index in [1.165, 1.54) is 0 Å². The Labute approximate surface area is 122 Å². The molecule has 0 spiro atoms. The van der Waals surface area contributed by atoms with Crippen molar-refractivity contribution in [1.29, 1.82) is 0 Å². The van der Waals surface area contributed by atoms with Crippen LogP contribution in [0.4, 0.5) is 0 Å². The van der Waals surface area contributed by atoms with Crippen LogP contribution >= 0.6 is 0 Å². The second-order valence-corrected chi connectivity index (χ2v) is 4.55. The van der Waals surface area contributed by atoms with Crippen molar-refractivity contribution < 1.29 is 19.4 Å². The van der Waals surface area contributed by atoms with E-state index >= 15 is 0 Å². The maximum atomic E-state index is 10.7. The van der Waals surface area contributed by atoms with Crippen molar-refractivity contribution in [3.63, 3.8) is 0 Å². The topological polar surface area (TPSA) is 81.8 Å². The number of hydrogen-bond acceptors (Lipinski definition) is 4. The molecule has 0 fully saturated rings. The Hall–Kier alpha value is -2.53. The van der Waals surface area contributed by atoms with Crippen molar-refractivity contribution in [3.05, 3.63) is 54.1 Å². The van der Waals surface area contributed by atoms with Crippen molar-refractivity contribution in [1.82, 2.24) is 0 Å². The van der Waals surface area contributed by atoms with Crippen LogP contribution in [-0.2, 0) is 4.79 Å². The quantitative estimate of drug-likeness (QED) is 0.853. The number of hydrogen-bond donors (Lipinski definition) is 2. The molecule has 0 heterocycles. The standard InChI is InChI=1S/C16H17NO4/c1-20-12-5-7-13(8-6-12)21-14-4-2-3-11(9-14)15(17)10-16(18)19/h2-9,15H,10,17H2,1H3,(H,18,19). The Bertz CT molecular complexity index is 610. The second kappa shape index (κ2) is 6.76. The summed E-state index contributed by atoms with van der Waals surface area (Å²) in [6.07, 6.45) is -0.119. The van der Waals surface area contributed by atoms with Gasteiger partial charge in [-0.3, -0.25) is 4.79 Å². The maximum absolute atomic E-state index is 10.7. The SMILES string of the molecule is COc1ccc(Oc2cccc(C(N)CC(=O)O)c2)cc1. The molecular formula is C16H17NO4. The number of carbonyl (C=O) groups is 1. The molecule has 0 saturated carbocycles. The molecule has 1 atom stereocenters. The summed E-state index contributed by atoms with van der Waals surface area (Å²) in [5.74, 6) is 1.10. The molecule has 0 saturated heterocycles. The average Bonchev–Trinajstić information content (AvgIpc) is 2.47. The highest BCUT2D eigenvalue weighted by Crippen LogP contribution is 2.26. The fourth-order valence-corrected chi connectivity index (χ4v) is 1.89. The van der Waals surface area contributed by atoms with Crippen LogP contribution in [0.1, 0.15) is 18.0 Å². The highest BCUT2D eigenvalue weighted by molar-refractivity contribution is 5.67. The van der Waals surface area contributed by atoms with E-state index in [-0.39, 0.29) is 6.42 Å². The third-order valence-electron chi connectivity index (χ3n) is 2.98. The van der Waals surface area contributed by atoms with E-state index in [9.17, 15) is 4.79 Å². The zero-order valence-electron chi connectivity index (χ0n) is 11.7. The van der Waals surface area contributed by atoms with Gasteiger partial charge in [0.25, 0.3) is 0 Å². The smallest absolute Gasteiger partial charge is 0.305 e. The van der Waals surface area contributed by atoms with Gasteiger partial charge in [-0.05, 0) is 42.0 Å². The van der Waals surface area contributed by atoms with Crippen molar-refractivity contribution in [2.45, 2.75) is 12.5 Å². The summed E-state index contributed by atoms with van der Waals surface area (Å²) >= 11 is 0. The van der Waals surface area contributed by atoms with Gasteiger partial charge in [0.15, 0.2) is 0 Å². The lowest BCUT2D eigenvalue weighted by molar-refractivity contribution is -0.137. The molecule has 0 bridgehead atoms. The fraction of sp³-hybridized carbons (Fsp3) is 0.188. The predicted molar refractivity (Wildman–Crippen MR) is 78.7 cm³/mol. The zero-order chi connectivity index (χ0) is 15.2. The maximum Gasteiger partial charge on any atom is 0.305 e. The first-order chi connectivity index (χ1) is 10.1. The summed E-state index contributed by atoms with van der Waals surface area (Å²) in [7, 11) is 1.60. The summed E-state index contributed by atoms with van der Waals surface area (Å²) in [6.45, 7) is 0. The van der Waals surface area contributed by atoms with Crippen molar-refractivity contribution >= 4 is 5.97 Å². The Morgan fingerprint density at radius 1 is 1.14 bits per heavy atom. The van der Waals surface area contributed by atoms with E-state index < -0.39 is 12.0 Å². The van der Waals surface area contributed by atoms with Gasteiger partial charge in [-0.2, -0.15) is 0 Å². The van der Waals surface area contributed by atoms with Gasteiger partial charge >= 0.3 is 5.97 Å². The van der Waals surface area contributed by atoms with Crippen molar-refractivity contribution in [3.8, 4) is 17.2 Å². The van der Waals surface area contributed by atoms with Gasteiger partial charge in [-0.15, -0.1) is 0 Å². The van der Waals surface area contributed by atoms with E-state index in [0.717, 1.165) is 11.3 Å². The van der Waals surface area contributed by atoms with Gasteiger partial charge in [0, 0.05) is 6.04 Å². The first-order valence-electron chi connectivity index (χ1n) is 6.47. The minimum atomic E-state index is -0.927. The summed E-state index contributed by atoms with van der Waals surface area (Å²) in [5, 5.41) is 8.78. The molecule has 0 radical (unpaired) electrons. The number of methoxy groups -OCH3 is 1. The van der Waals surface area contributed by atoms with E-state index in [1.807, 2.05) is 0 Å². The average molecular weight is 287 g/mol. The minimum absolute atomic E-state index is 0.119. The number of rotatable bonds is 6. The molecule has 0 aromatic heterocycles. The van der Waals surface area contributed by atoms with Crippen LogP contribution in [0.2, 0.25) is 0 Å². The zero-order valence-corrected chi connectivity index (χ0v) is 11.7. The Morgan fingerprint density at radius 2 is 1.81 bits per heavy atom. The molecule has 1 unspecified atom stereocenters. The van der Waals surface area contributed by atoms with Gasteiger partial charge < -0.3 is 20.3 Å². The molecule has 110 valence electrons. The number of benzene rings is 2. The Morgan fingerprint density at radius 3 is 2.43 bits per heavy atom. The summed E-state index contributed by atoms with van der Waals surface area (Å²) < 4.78 is 10.8. The Kier molecular flexibility index (Phi) is 4.79. The van der Waals surface area contributed by atoms with E-state index in [4.69, 9.17) is 20.3 Å². The van der Waals surface area contributed by atoms with Gasteiger partial charge in [-0.25, -0.2) is 0 Å². The monoisotopic (exact) mass is 287 g/mol. The minimum Gasteiger partial charge on any atom is -0.497 e. The van der Waals surface area contributed by atoms with Crippen LogP contribution in [0.15, 0.2) is 48.5 Å². The lowest BCUT2D eigenvalue weighted by Gasteiger charge is -2.12. The third kappa shape index (κ3) is 4.22. The summed E-state index contributed by atoms with van der Waals surface area (Å²) in [5.41, 5.74) is 6.57. The highest BCUT2D eigenvalue weighted by atomic mass is 16.5. The van der Waals surface area contributed by atoms with Gasteiger partial charge in [-0.1, -0.05) is 12.1 Å². The molecule has 2 aromatic carbocycles. The molecule has 5 heteroatoms. The normalized spacial score (nSPS) is 11.7. The molecule has 0 aliphatic rings. The van der Waals surface area contributed by atoms with Crippen LogP contribution in [0.5, 0.6) is 17.2 Å². The number of carboxylic acid groups (broad SMARTS) is 1. The number of carboxylic acids is 1. The van der Waals surface area contributed by atoms with Crippen LogP contribution in [0, 0.1) is 0 Å². The third-order valence-corrected chi connectivity index (χ3v) is 2.98. The van der Waals surface area contributed by atoms with Crippen LogP contribution in [0.25, 0.3) is 0 Å². The number of aliphatic carboxylic acids is 1. The molecule has 3 N–H and O–H groups in total. The van der Waals surface area contributed by atoms with Gasteiger partial charge in [0.05, 0.1) is 13.5 Å². The summed E-state index contributed by atoms with van der Waals surface area (Å²) in [4.78, 5) is 10.7. The van der Waals surface area contributed by atoms with E-state index in [1.54, 1.807) is 55.6 Å². The van der Waals surface area contributed by atoms with Gasteiger partial charge in [0.2, 0.25) is 0 Å². The molecule has 2 rings (SSSR count). The van der Waals surface area contributed by atoms with Gasteiger partial charge in [0.1, 0.15) is 17.2 Å². The van der Waals surface area contributed by atoms with Crippen LogP contribution < -0.4 is 15.2 Å². The largest absolute Gasteiger partial charge is 0.497 e. The number of nitrogens with two attached hydrogens (primary N) is 1. The molecule has 0 aliphatic carbocycles. The van der Waals surface area contributed by atoms with Crippen molar-refractivity contribution in [2.75, 3.05) is 7.11 Å². The first-order valence-corrected chi connectivity index (χ1v) is 6.47. The molecule has 2 aromatic rings. The molecular weight excluding hydrogens is 270 g/mol. The fourth-order valence-electron chi connectivity index (χ4n) is 1.89.